The number of nitrogens with zero attached hydrogens (tertiary/aromatic N) is 1. The number of pyridine rings is 1. The third kappa shape index (κ3) is 3.03. The van der Waals surface area contributed by atoms with Crippen molar-refractivity contribution in [3.05, 3.63) is 24.0 Å². The SMILES string of the molecule is Cc1cncc(NC(C)C(C)N)c1. The Morgan fingerprint density at radius 1 is 1.38 bits per heavy atom. The summed E-state index contributed by atoms with van der Waals surface area (Å²) in [6.45, 7) is 6.07. The Morgan fingerprint density at radius 2 is 2.08 bits per heavy atom. The van der Waals surface area contributed by atoms with E-state index in [0.717, 1.165) is 11.3 Å². The van der Waals surface area contributed by atoms with Crippen LogP contribution in [0.1, 0.15) is 19.4 Å². The van der Waals surface area contributed by atoms with Crippen LogP contribution >= 0.6 is 0 Å². The van der Waals surface area contributed by atoms with Gasteiger partial charge in [0.15, 0.2) is 0 Å². The zero-order valence-corrected chi connectivity index (χ0v) is 8.41. The van der Waals surface area contributed by atoms with Crippen molar-refractivity contribution in [2.45, 2.75) is 32.9 Å². The van der Waals surface area contributed by atoms with Crippen molar-refractivity contribution in [3.8, 4) is 0 Å². The normalized spacial score (nSPS) is 15.1. The van der Waals surface area contributed by atoms with E-state index >= 15 is 0 Å². The molecular weight excluding hydrogens is 162 g/mol. The second-order valence-corrected chi connectivity index (χ2v) is 3.54. The predicted molar refractivity (Wildman–Crippen MR) is 55.7 cm³/mol. The van der Waals surface area contributed by atoms with Crippen molar-refractivity contribution in [2.75, 3.05) is 5.32 Å². The van der Waals surface area contributed by atoms with Gasteiger partial charge in [0.05, 0.1) is 5.69 Å². The van der Waals surface area contributed by atoms with E-state index < -0.39 is 0 Å². The second kappa shape index (κ2) is 4.23. The molecule has 1 heterocycles. The molecule has 0 saturated heterocycles. The maximum absolute atomic E-state index is 5.74. The molecule has 0 amide bonds. The molecule has 0 aliphatic carbocycles. The first-order chi connectivity index (χ1) is 6.09. The van der Waals surface area contributed by atoms with Crippen LogP contribution in [0.5, 0.6) is 0 Å². The summed E-state index contributed by atoms with van der Waals surface area (Å²) in [7, 11) is 0. The van der Waals surface area contributed by atoms with Gasteiger partial charge in [0.25, 0.3) is 0 Å². The molecule has 0 aliphatic heterocycles. The summed E-state index contributed by atoms with van der Waals surface area (Å²) >= 11 is 0. The summed E-state index contributed by atoms with van der Waals surface area (Å²) < 4.78 is 0. The van der Waals surface area contributed by atoms with Crippen LogP contribution in [-0.2, 0) is 0 Å². The molecule has 1 rings (SSSR count). The maximum atomic E-state index is 5.74. The Hall–Kier alpha value is -1.09. The van der Waals surface area contributed by atoms with Gasteiger partial charge in [-0.05, 0) is 32.4 Å². The van der Waals surface area contributed by atoms with Gasteiger partial charge in [-0.1, -0.05) is 0 Å². The molecule has 1 aromatic heterocycles. The van der Waals surface area contributed by atoms with E-state index in [1.54, 1.807) is 0 Å². The van der Waals surface area contributed by atoms with E-state index in [4.69, 9.17) is 5.73 Å². The van der Waals surface area contributed by atoms with Crippen molar-refractivity contribution < 1.29 is 0 Å². The Bertz CT molecular complexity index is 271. The maximum Gasteiger partial charge on any atom is 0.0531 e. The largest absolute Gasteiger partial charge is 0.380 e. The lowest BCUT2D eigenvalue weighted by molar-refractivity contribution is 0.638. The fourth-order valence-electron chi connectivity index (χ4n) is 1.03. The van der Waals surface area contributed by atoms with Gasteiger partial charge in [-0.15, -0.1) is 0 Å². The number of nitrogens with one attached hydrogen (secondary N) is 1. The Labute approximate surface area is 79.4 Å². The average molecular weight is 179 g/mol. The summed E-state index contributed by atoms with van der Waals surface area (Å²) in [4.78, 5) is 4.09. The number of nitrogens with two attached hydrogens (primary N) is 1. The molecule has 0 saturated carbocycles. The molecule has 13 heavy (non-hydrogen) atoms. The highest BCUT2D eigenvalue weighted by Gasteiger charge is 2.06. The van der Waals surface area contributed by atoms with E-state index in [1.807, 2.05) is 26.2 Å². The highest BCUT2D eigenvalue weighted by atomic mass is 15.0. The first-order valence-corrected chi connectivity index (χ1v) is 4.53. The summed E-state index contributed by atoms with van der Waals surface area (Å²) in [5.41, 5.74) is 7.93. The summed E-state index contributed by atoms with van der Waals surface area (Å²) in [5, 5.41) is 3.29. The Balaban J connectivity index is 2.64. The lowest BCUT2D eigenvalue weighted by Gasteiger charge is -2.18. The number of hydrogen-bond acceptors (Lipinski definition) is 3. The van der Waals surface area contributed by atoms with Gasteiger partial charge in [-0.3, -0.25) is 4.98 Å². The molecular formula is C10H17N3. The van der Waals surface area contributed by atoms with E-state index in [0.29, 0.717) is 0 Å². The highest BCUT2D eigenvalue weighted by Crippen LogP contribution is 2.09. The topological polar surface area (TPSA) is 50.9 Å². The van der Waals surface area contributed by atoms with Crippen LogP contribution in [0.4, 0.5) is 5.69 Å². The van der Waals surface area contributed by atoms with Crippen LogP contribution in [0, 0.1) is 6.92 Å². The van der Waals surface area contributed by atoms with Crippen LogP contribution in [0.25, 0.3) is 0 Å². The molecule has 0 aromatic carbocycles. The van der Waals surface area contributed by atoms with Gasteiger partial charge in [-0.25, -0.2) is 0 Å². The highest BCUT2D eigenvalue weighted by molar-refractivity contribution is 5.43. The van der Waals surface area contributed by atoms with Gasteiger partial charge in [0.1, 0.15) is 0 Å². The van der Waals surface area contributed by atoms with Gasteiger partial charge < -0.3 is 11.1 Å². The molecule has 0 radical (unpaired) electrons. The van der Waals surface area contributed by atoms with Crippen molar-refractivity contribution in [3.63, 3.8) is 0 Å². The minimum absolute atomic E-state index is 0.139. The molecule has 2 unspecified atom stereocenters. The molecule has 1 aromatic rings. The summed E-state index contributed by atoms with van der Waals surface area (Å²) in [6, 6.07) is 2.47. The molecule has 3 N–H and O–H groups in total. The van der Waals surface area contributed by atoms with Crippen LogP contribution in [-0.4, -0.2) is 17.1 Å². The van der Waals surface area contributed by atoms with Crippen molar-refractivity contribution in [2.24, 2.45) is 5.73 Å². The minimum atomic E-state index is 0.139. The minimum Gasteiger partial charge on any atom is -0.380 e. The van der Waals surface area contributed by atoms with E-state index in [1.165, 1.54) is 0 Å². The molecule has 2 atom stereocenters. The van der Waals surface area contributed by atoms with Gasteiger partial charge in [-0.2, -0.15) is 0 Å². The third-order valence-electron chi connectivity index (χ3n) is 2.06. The van der Waals surface area contributed by atoms with Crippen LogP contribution in [0.15, 0.2) is 18.5 Å². The molecule has 0 spiro atoms. The molecule has 3 heteroatoms. The quantitative estimate of drug-likeness (QED) is 0.740. The zero-order chi connectivity index (χ0) is 9.84. The number of aromatic nitrogens is 1. The Kier molecular flexibility index (Phi) is 3.25. The average Bonchev–Trinajstić information content (AvgIpc) is 2.04. The van der Waals surface area contributed by atoms with Crippen LogP contribution < -0.4 is 11.1 Å². The van der Waals surface area contributed by atoms with Crippen molar-refractivity contribution >= 4 is 5.69 Å². The fourth-order valence-corrected chi connectivity index (χ4v) is 1.03. The first-order valence-electron chi connectivity index (χ1n) is 4.53. The summed E-state index contributed by atoms with van der Waals surface area (Å²) in [6.07, 6.45) is 3.65. The molecule has 0 aliphatic rings. The second-order valence-electron chi connectivity index (χ2n) is 3.54. The van der Waals surface area contributed by atoms with Gasteiger partial charge in [0.2, 0.25) is 0 Å². The number of anilines is 1. The summed E-state index contributed by atoms with van der Waals surface area (Å²) in [5.74, 6) is 0. The molecule has 72 valence electrons. The molecule has 0 bridgehead atoms. The monoisotopic (exact) mass is 179 g/mol. The van der Waals surface area contributed by atoms with E-state index in [-0.39, 0.29) is 12.1 Å². The lowest BCUT2D eigenvalue weighted by atomic mass is 10.2. The first kappa shape index (κ1) is 9.99. The standard InChI is InChI=1S/C10H17N3/c1-7-4-10(6-12-5-7)13-9(3)8(2)11/h4-6,8-9,13H,11H2,1-3H3. The van der Waals surface area contributed by atoms with Crippen LogP contribution in [0.3, 0.4) is 0 Å². The lowest BCUT2D eigenvalue weighted by Crippen LogP contribution is -2.35. The van der Waals surface area contributed by atoms with E-state index in [9.17, 15) is 0 Å². The molecule has 3 nitrogen and oxygen atoms in total. The number of rotatable bonds is 3. The van der Waals surface area contributed by atoms with Gasteiger partial charge >= 0.3 is 0 Å². The smallest absolute Gasteiger partial charge is 0.0531 e. The van der Waals surface area contributed by atoms with Crippen LogP contribution in [0.2, 0.25) is 0 Å². The van der Waals surface area contributed by atoms with Crippen molar-refractivity contribution in [1.29, 1.82) is 0 Å². The van der Waals surface area contributed by atoms with E-state index in [2.05, 4.69) is 23.3 Å². The third-order valence-corrected chi connectivity index (χ3v) is 2.06. The number of aryl methyl sites for hydroxylation is 1. The Morgan fingerprint density at radius 3 is 2.62 bits per heavy atom. The van der Waals surface area contributed by atoms with Crippen molar-refractivity contribution in [1.82, 2.24) is 4.98 Å². The number of hydrogen-bond donors (Lipinski definition) is 2. The fraction of sp³-hybridized carbons (Fsp3) is 0.500. The van der Waals surface area contributed by atoms with Gasteiger partial charge in [0, 0.05) is 24.5 Å². The molecule has 0 fully saturated rings. The zero-order valence-electron chi connectivity index (χ0n) is 8.41. The predicted octanol–water partition coefficient (Wildman–Crippen LogP) is 1.54.